The predicted molar refractivity (Wildman–Crippen MR) is 110 cm³/mol. The minimum Gasteiger partial charge on any atom is -0.487 e. The molecular weight excluding hydrogens is 410 g/mol. The molecule has 9 heteroatoms. The third kappa shape index (κ3) is 4.01. The molecule has 0 saturated carbocycles. The van der Waals surface area contributed by atoms with Crippen LogP contribution in [0.2, 0.25) is 0 Å². The summed E-state index contributed by atoms with van der Waals surface area (Å²) in [5.74, 6) is 0.572. The highest BCUT2D eigenvalue weighted by Gasteiger charge is 2.26. The third-order valence-corrected chi connectivity index (χ3v) is 6.73. The summed E-state index contributed by atoms with van der Waals surface area (Å²) in [5, 5.41) is 6.74. The highest BCUT2D eigenvalue weighted by atomic mass is 32.2. The van der Waals surface area contributed by atoms with Gasteiger partial charge in [-0.25, -0.2) is 8.42 Å². The molecule has 7 nitrogen and oxygen atoms in total. The topological polar surface area (TPSA) is 98.3 Å². The average molecular weight is 430 g/mol. The van der Waals surface area contributed by atoms with Gasteiger partial charge in [-0.2, -0.15) is 0 Å². The molecule has 1 aliphatic heterocycles. The molecule has 2 aromatic carbocycles. The molecule has 2 heterocycles. The normalized spacial score (nSPS) is 15.6. The SMILES string of the molecule is Cc1nnsc1C(=O)NCC1Cc2cccc(-c3ccc(S(C)(=O)=O)cc3)c2O1. The van der Waals surface area contributed by atoms with Crippen LogP contribution in [0.3, 0.4) is 0 Å². The van der Waals surface area contributed by atoms with E-state index in [1.807, 2.05) is 18.2 Å². The second-order valence-electron chi connectivity index (χ2n) is 6.93. The highest BCUT2D eigenvalue weighted by Crippen LogP contribution is 2.38. The number of benzene rings is 2. The number of hydrogen-bond acceptors (Lipinski definition) is 7. The van der Waals surface area contributed by atoms with Crippen LogP contribution in [0.15, 0.2) is 47.4 Å². The monoisotopic (exact) mass is 429 g/mol. The van der Waals surface area contributed by atoms with Gasteiger partial charge in [0.25, 0.3) is 5.91 Å². The fourth-order valence-electron chi connectivity index (χ4n) is 3.29. The Morgan fingerprint density at radius 1 is 1.24 bits per heavy atom. The Morgan fingerprint density at radius 3 is 2.66 bits per heavy atom. The Kier molecular flexibility index (Phi) is 5.10. The summed E-state index contributed by atoms with van der Waals surface area (Å²) in [5.41, 5.74) is 3.46. The van der Waals surface area contributed by atoms with E-state index in [2.05, 4.69) is 14.9 Å². The molecule has 1 aromatic heterocycles. The summed E-state index contributed by atoms with van der Waals surface area (Å²) in [6, 6.07) is 12.7. The van der Waals surface area contributed by atoms with E-state index in [1.165, 1.54) is 6.26 Å². The van der Waals surface area contributed by atoms with E-state index >= 15 is 0 Å². The first-order chi connectivity index (χ1) is 13.8. The quantitative estimate of drug-likeness (QED) is 0.670. The van der Waals surface area contributed by atoms with Gasteiger partial charge < -0.3 is 10.1 Å². The molecule has 0 radical (unpaired) electrons. The molecule has 4 rings (SSSR count). The number of ether oxygens (including phenoxy) is 1. The third-order valence-electron chi connectivity index (χ3n) is 4.77. The second-order valence-corrected chi connectivity index (χ2v) is 9.70. The summed E-state index contributed by atoms with van der Waals surface area (Å²) >= 11 is 1.07. The van der Waals surface area contributed by atoms with Gasteiger partial charge in [0, 0.05) is 18.2 Å². The van der Waals surface area contributed by atoms with Crippen molar-refractivity contribution < 1.29 is 17.9 Å². The number of nitrogens with one attached hydrogen (secondary N) is 1. The van der Waals surface area contributed by atoms with Crippen molar-refractivity contribution in [3.05, 3.63) is 58.6 Å². The van der Waals surface area contributed by atoms with E-state index in [4.69, 9.17) is 4.74 Å². The highest BCUT2D eigenvalue weighted by molar-refractivity contribution is 7.90. The molecule has 1 N–H and O–H groups in total. The predicted octanol–water partition coefficient (Wildman–Crippen LogP) is 2.65. The summed E-state index contributed by atoms with van der Waals surface area (Å²) < 4.78 is 33.3. The van der Waals surface area contributed by atoms with E-state index in [0.717, 1.165) is 34.0 Å². The zero-order chi connectivity index (χ0) is 20.6. The number of amides is 1. The Balaban J connectivity index is 1.49. The lowest BCUT2D eigenvalue weighted by Crippen LogP contribution is -2.34. The number of carbonyl (C=O) groups is 1. The number of para-hydroxylation sites is 1. The molecule has 0 bridgehead atoms. The van der Waals surface area contributed by atoms with E-state index in [1.54, 1.807) is 31.2 Å². The lowest BCUT2D eigenvalue weighted by molar-refractivity contribution is 0.0937. The van der Waals surface area contributed by atoms with Crippen LogP contribution in [0.25, 0.3) is 11.1 Å². The van der Waals surface area contributed by atoms with Crippen molar-refractivity contribution in [3.63, 3.8) is 0 Å². The minimum absolute atomic E-state index is 0.174. The molecule has 3 aromatic rings. The van der Waals surface area contributed by atoms with Crippen LogP contribution in [0.1, 0.15) is 20.9 Å². The van der Waals surface area contributed by atoms with Crippen LogP contribution in [0, 0.1) is 6.92 Å². The van der Waals surface area contributed by atoms with Crippen LogP contribution in [0.4, 0.5) is 0 Å². The van der Waals surface area contributed by atoms with Crippen molar-refractivity contribution in [2.24, 2.45) is 0 Å². The molecule has 150 valence electrons. The number of aromatic nitrogens is 2. The molecule has 29 heavy (non-hydrogen) atoms. The van der Waals surface area contributed by atoms with Crippen molar-refractivity contribution in [2.45, 2.75) is 24.3 Å². The number of aryl methyl sites for hydroxylation is 1. The number of carbonyl (C=O) groups excluding carboxylic acids is 1. The first kappa shape index (κ1) is 19.5. The summed E-state index contributed by atoms with van der Waals surface area (Å²) in [6.45, 7) is 2.12. The number of hydrogen-bond donors (Lipinski definition) is 1. The number of sulfone groups is 1. The maximum absolute atomic E-state index is 12.3. The van der Waals surface area contributed by atoms with Crippen molar-refractivity contribution in [1.29, 1.82) is 0 Å². The smallest absolute Gasteiger partial charge is 0.265 e. The number of rotatable bonds is 5. The van der Waals surface area contributed by atoms with Gasteiger partial charge in [-0.1, -0.05) is 34.8 Å². The molecule has 1 atom stereocenters. The Labute approximate surface area is 172 Å². The Morgan fingerprint density at radius 2 is 2.00 bits per heavy atom. The molecule has 0 aliphatic carbocycles. The van der Waals surface area contributed by atoms with Crippen LogP contribution >= 0.6 is 11.5 Å². The van der Waals surface area contributed by atoms with Crippen LogP contribution in [-0.4, -0.2) is 42.8 Å². The number of nitrogens with zero attached hydrogens (tertiary/aromatic N) is 2. The zero-order valence-corrected chi connectivity index (χ0v) is 17.5. The molecule has 0 spiro atoms. The molecule has 1 aliphatic rings. The summed E-state index contributed by atoms with van der Waals surface area (Å²) in [4.78, 5) is 13.1. The van der Waals surface area contributed by atoms with Gasteiger partial charge in [0.15, 0.2) is 9.84 Å². The Hall–Kier alpha value is -2.78. The molecular formula is C20H19N3O4S2. The molecule has 0 saturated heterocycles. The fourth-order valence-corrected chi connectivity index (χ4v) is 4.49. The van der Waals surface area contributed by atoms with E-state index in [0.29, 0.717) is 23.5 Å². The van der Waals surface area contributed by atoms with Crippen molar-refractivity contribution >= 4 is 27.3 Å². The van der Waals surface area contributed by atoms with E-state index in [9.17, 15) is 13.2 Å². The van der Waals surface area contributed by atoms with Crippen LogP contribution < -0.4 is 10.1 Å². The fraction of sp³-hybridized carbons (Fsp3) is 0.250. The van der Waals surface area contributed by atoms with Crippen LogP contribution in [0.5, 0.6) is 5.75 Å². The average Bonchev–Trinajstić information content (AvgIpc) is 3.31. The zero-order valence-electron chi connectivity index (χ0n) is 15.9. The van der Waals surface area contributed by atoms with Crippen molar-refractivity contribution in [3.8, 4) is 16.9 Å². The molecule has 0 fully saturated rings. The van der Waals surface area contributed by atoms with Gasteiger partial charge in [0.05, 0.1) is 17.1 Å². The van der Waals surface area contributed by atoms with Gasteiger partial charge in [0.1, 0.15) is 16.7 Å². The van der Waals surface area contributed by atoms with Gasteiger partial charge >= 0.3 is 0 Å². The maximum atomic E-state index is 12.3. The summed E-state index contributed by atoms with van der Waals surface area (Å²) in [7, 11) is -3.24. The molecule has 1 unspecified atom stereocenters. The second kappa shape index (κ2) is 7.57. The van der Waals surface area contributed by atoms with Gasteiger partial charge in [-0.05, 0) is 41.7 Å². The minimum atomic E-state index is -3.24. The van der Waals surface area contributed by atoms with Gasteiger partial charge in [-0.15, -0.1) is 5.10 Å². The van der Waals surface area contributed by atoms with Crippen LogP contribution in [-0.2, 0) is 16.3 Å². The van der Waals surface area contributed by atoms with E-state index < -0.39 is 9.84 Å². The van der Waals surface area contributed by atoms with E-state index in [-0.39, 0.29) is 16.9 Å². The Bertz CT molecular complexity index is 1170. The maximum Gasteiger partial charge on any atom is 0.265 e. The first-order valence-corrected chi connectivity index (χ1v) is 11.7. The first-order valence-electron chi connectivity index (χ1n) is 8.99. The summed E-state index contributed by atoms with van der Waals surface area (Å²) in [6.07, 6.45) is 1.70. The lowest BCUT2D eigenvalue weighted by atomic mass is 10.0. The van der Waals surface area contributed by atoms with Gasteiger partial charge in [-0.3, -0.25) is 4.79 Å². The van der Waals surface area contributed by atoms with Crippen molar-refractivity contribution in [1.82, 2.24) is 14.9 Å². The van der Waals surface area contributed by atoms with Crippen molar-refractivity contribution in [2.75, 3.05) is 12.8 Å². The standard InChI is InChI=1S/C20H19N3O4S2/c1-12-19(28-23-22-12)20(24)21-11-15-10-14-4-3-5-17(18(14)27-15)13-6-8-16(9-7-13)29(2,25)26/h3-9,15H,10-11H2,1-2H3,(H,21,24). The number of fused-ring (bicyclic) bond motifs is 1. The lowest BCUT2D eigenvalue weighted by Gasteiger charge is -2.13. The largest absolute Gasteiger partial charge is 0.487 e. The molecule has 1 amide bonds. The van der Waals surface area contributed by atoms with Gasteiger partial charge in [0.2, 0.25) is 0 Å².